The third-order valence-corrected chi connectivity index (χ3v) is 3.12. The smallest absolute Gasteiger partial charge is 0.184 e. The van der Waals surface area contributed by atoms with Gasteiger partial charge in [-0.2, -0.15) is 0 Å². The molecule has 0 aliphatic carbocycles. The second kappa shape index (κ2) is 5.63. The largest absolute Gasteiger partial charge is 0.345 e. The molecule has 0 amide bonds. The van der Waals surface area contributed by atoms with Gasteiger partial charge >= 0.3 is 0 Å². The Labute approximate surface area is 109 Å². The minimum Gasteiger partial charge on any atom is -0.345 e. The molecule has 0 radical (unpaired) electrons. The minimum atomic E-state index is -0.824. The SMILES string of the molecule is CC.CCn1cc(C)c2cc(Br)c(F)c(F)c21. The molecular weight excluding hydrogens is 288 g/mol. The highest BCUT2D eigenvalue weighted by molar-refractivity contribution is 9.10. The van der Waals surface area contributed by atoms with Crippen LogP contribution in [0.2, 0.25) is 0 Å². The first-order chi connectivity index (χ1) is 8.06. The summed E-state index contributed by atoms with van der Waals surface area (Å²) >= 11 is 3.01. The molecule has 1 nitrogen and oxygen atoms in total. The van der Waals surface area contributed by atoms with E-state index in [2.05, 4.69) is 15.9 Å². The van der Waals surface area contributed by atoms with Gasteiger partial charge in [0.1, 0.15) is 0 Å². The minimum absolute atomic E-state index is 0.171. The molecule has 17 heavy (non-hydrogen) atoms. The van der Waals surface area contributed by atoms with Crippen LogP contribution in [0.1, 0.15) is 26.3 Å². The van der Waals surface area contributed by atoms with Gasteiger partial charge in [0.2, 0.25) is 0 Å². The number of aromatic nitrogens is 1. The molecule has 0 unspecified atom stereocenters. The fourth-order valence-electron chi connectivity index (χ4n) is 1.78. The van der Waals surface area contributed by atoms with Crippen molar-refractivity contribution in [2.24, 2.45) is 0 Å². The molecule has 2 rings (SSSR count). The Morgan fingerprint density at radius 1 is 1.24 bits per heavy atom. The molecule has 2 aromatic rings. The van der Waals surface area contributed by atoms with E-state index in [1.807, 2.05) is 33.9 Å². The number of halogens is 3. The second-order valence-electron chi connectivity index (χ2n) is 3.48. The summed E-state index contributed by atoms with van der Waals surface area (Å²) in [4.78, 5) is 0. The molecule has 0 N–H and O–H groups in total. The van der Waals surface area contributed by atoms with Crippen molar-refractivity contribution in [2.75, 3.05) is 0 Å². The third-order valence-electron chi connectivity index (χ3n) is 2.54. The lowest BCUT2D eigenvalue weighted by molar-refractivity contribution is 0.507. The summed E-state index contributed by atoms with van der Waals surface area (Å²) in [5, 5.41) is 0.752. The first-order valence-corrected chi connectivity index (χ1v) is 6.48. The van der Waals surface area contributed by atoms with Crippen molar-refractivity contribution in [3.05, 3.63) is 33.9 Å². The maximum atomic E-state index is 13.7. The number of benzene rings is 1. The summed E-state index contributed by atoms with van der Waals surface area (Å²) in [6.07, 6.45) is 1.83. The van der Waals surface area contributed by atoms with Gasteiger partial charge in [-0.3, -0.25) is 0 Å². The summed E-state index contributed by atoms with van der Waals surface area (Å²) in [6, 6.07) is 1.62. The van der Waals surface area contributed by atoms with Crippen LogP contribution >= 0.6 is 15.9 Å². The van der Waals surface area contributed by atoms with Crippen LogP contribution in [-0.2, 0) is 6.54 Å². The van der Waals surface area contributed by atoms with E-state index >= 15 is 0 Å². The Morgan fingerprint density at radius 3 is 2.35 bits per heavy atom. The summed E-state index contributed by atoms with van der Waals surface area (Å²) in [7, 11) is 0. The lowest BCUT2D eigenvalue weighted by Gasteiger charge is -2.03. The Kier molecular flexibility index (Phi) is 4.69. The molecule has 0 aliphatic rings. The van der Waals surface area contributed by atoms with E-state index in [4.69, 9.17) is 0 Å². The summed E-state index contributed by atoms with van der Waals surface area (Å²) in [5.74, 6) is -1.61. The Bertz CT molecular complexity index is 532. The summed E-state index contributed by atoms with van der Waals surface area (Å²) in [5.41, 5.74) is 1.29. The van der Waals surface area contributed by atoms with Crippen molar-refractivity contribution in [1.29, 1.82) is 0 Å². The third kappa shape index (κ3) is 2.37. The molecule has 0 bridgehead atoms. The molecule has 0 saturated carbocycles. The van der Waals surface area contributed by atoms with Gasteiger partial charge in [-0.25, -0.2) is 8.78 Å². The van der Waals surface area contributed by atoms with Crippen molar-refractivity contribution in [2.45, 2.75) is 34.2 Å². The molecular formula is C13H16BrF2N. The van der Waals surface area contributed by atoms with Crippen molar-refractivity contribution < 1.29 is 8.78 Å². The van der Waals surface area contributed by atoms with E-state index in [1.54, 1.807) is 10.6 Å². The van der Waals surface area contributed by atoms with E-state index in [9.17, 15) is 8.78 Å². The second-order valence-corrected chi connectivity index (χ2v) is 4.33. The van der Waals surface area contributed by atoms with Gasteiger partial charge in [-0.05, 0) is 41.4 Å². The maximum absolute atomic E-state index is 13.7. The van der Waals surface area contributed by atoms with Gasteiger partial charge in [0, 0.05) is 18.1 Å². The van der Waals surface area contributed by atoms with Crippen LogP contribution in [0.3, 0.4) is 0 Å². The van der Waals surface area contributed by atoms with Crippen molar-refractivity contribution in [3.63, 3.8) is 0 Å². The van der Waals surface area contributed by atoms with Crippen molar-refractivity contribution in [3.8, 4) is 0 Å². The highest BCUT2D eigenvalue weighted by Gasteiger charge is 2.16. The molecule has 1 aromatic carbocycles. The van der Waals surface area contributed by atoms with Gasteiger partial charge in [0.15, 0.2) is 11.6 Å². The molecule has 94 valence electrons. The van der Waals surface area contributed by atoms with E-state index in [1.165, 1.54) is 0 Å². The summed E-state index contributed by atoms with van der Waals surface area (Å²) in [6.45, 7) is 8.42. The molecule has 4 heteroatoms. The Morgan fingerprint density at radius 2 is 1.82 bits per heavy atom. The van der Waals surface area contributed by atoms with Crippen molar-refractivity contribution in [1.82, 2.24) is 4.57 Å². The first kappa shape index (κ1) is 14.2. The quantitative estimate of drug-likeness (QED) is 0.651. The van der Waals surface area contributed by atoms with Crippen LogP contribution < -0.4 is 0 Å². The average Bonchev–Trinajstić information content (AvgIpc) is 2.66. The van der Waals surface area contributed by atoms with Crippen LogP contribution in [-0.4, -0.2) is 4.57 Å². The number of nitrogens with zero attached hydrogens (tertiary/aromatic N) is 1. The van der Waals surface area contributed by atoms with E-state index in [-0.39, 0.29) is 4.47 Å². The zero-order valence-electron chi connectivity index (χ0n) is 10.4. The lowest BCUT2D eigenvalue weighted by Crippen LogP contribution is -1.96. The van der Waals surface area contributed by atoms with Gasteiger partial charge in [0.25, 0.3) is 0 Å². The van der Waals surface area contributed by atoms with Gasteiger partial charge < -0.3 is 4.57 Å². The van der Waals surface area contributed by atoms with Crippen LogP contribution in [0.15, 0.2) is 16.7 Å². The Hall–Kier alpha value is -0.900. The maximum Gasteiger partial charge on any atom is 0.184 e. The molecule has 1 aromatic heterocycles. The topological polar surface area (TPSA) is 4.93 Å². The molecule has 0 spiro atoms. The fourth-order valence-corrected chi connectivity index (χ4v) is 2.19. The molecule has 0 saturated heterocycles. The summed E-state index contributed by atoms with van der Waals surface area (Å²) < 4.78 is 28.9. The first-order valence-electron chi connectivity index (χ1n) is 5.69. The van der Waals surface area contributed by atoms with Crippen molar-refractivity contribution >= 4 is 26.8 Å². The number of fused-ring (bicyclic) bond motifs is 1. The van der Waals surface area contributed by atoms with Gasteiger partial charge in [0.05, 0.1) is 9.99 Å². The van der Waals surface area contributed by atoms with E-state index < -0.39 is 11.6 Å². The number of aryl methyl sites for hydroxylation is 2. The predicted octanol–water partition coefficient (Wildman–Crippen LogP) is 5.04. The van der Waals surface area contributed by atoms with E-state index in [0.29, 0.717) is 12.1 Å². The molecule has 0 fully saturated rings. The molecule has 0 aliphatic heterocycles. The Balaban J connectivity index is 0.000000686. The zero-order chi connectivity index (χ0) is 13.2. The number of hydrogen-bond acceptors (Lipinski definition) is 0. The lowest BCUT2D eigenvalue weighted by atomic mass is 10.2. The highest BCUT2D eigenvalue weighted by atomic mass is 79.9. The standard InChI is InChI=1S/C11H10BrF2N.C2H6/c1-3-15-5-6(2)7-4-8(12)9(13)10(14)11(7)15;1-2/h4-5H,3H2,1-2H3;1-2H3. The highest BCUT2D eigenvalue weighted by Crippen LogP contribution is 2.30. The van der Waals surface area contributed by atoms with Crippen LogP contribution in [0, 0.1) is 18.6 Å². The van der Waals surface area contributed by atoms with Gasteiger partial charge in [-0.1, -0.05) is 13.8 Å². The number of rotatable bonds is 1. The molecule has 1 heterocycles. The fraction of sp³-hybridized carbons (Fsp3) is 0.385. The average molecular weight is 304 g/mol. The normalized spacial score (nSPS) is 10.3. The van der Waals surface area contributed by atoms with Crippen LogP contribution in [0.25, 0.3) is 10.9 Å². The van der Waals surface area contributed by atoms with E-state index in [0.717, 1.165) is 10.9 Å². The van der Waals surface area contributed by atoms with Gasteiger partial charge in [-0.15, -0.1) is 0 Å². The predicted molar refractivity (Wildman–Crippen MR) is 71.3 cm³/mol. The molecule has 0 atom stereocenters. The monoisotopic (exact) mass is 303 g/mol. The van der Waals surface area contributed by atoms with Crippen LogP contribution in [0.4, 0.5) is 8.78 Å². The van der Waals surface area contributed by atoms with Crippen LogP contribution in [0.5, 0.6) is 0 Å². The number of hydrogen-bond donors (Lipinski definition) is 0. The zero-order valence-corrected chi connectivity index (χ0v) is 12.0.